The van der Waals surface area contributed by atoms with Gasteiger partial charge in [-0.15, -0.1) is 0 Å². The standard InChI is InChI=1S/C19H21ClN2O3/c1-13-9-17(18(25-3)10-16(13)20)21-19(24)12-22(14(2)23)11-15-7-5-4-6-8-15/h4-10H,11-12H2,1-3H3,(H,21,24). The van der Waals surface area contributed by atoms with E-state index in [0.717, 1.165) is 11.1 Å². The van der Waals surface area contributed by atoms with Crippen LogP contribution in [-0.2, 0) is 16.1 Å². The lowest BCUT2D eigenvalue weighted by atomic mass is 10.2. The van der Waals surface area contributed by atoms with Crippen molar-refractivity contribution in [3.63, 3.8) is 0 Å². The molecule has 132 valence electrons. The van der Waals surface area contributed by atoms with Gasteiger partial charge in [-0.3, -0.25) is 9.59 Å². The summed E-state index contributed by atoms with van der Waals surface area (Å²) in [7, 11) is 1.51. The largest absolute Gasteiger partial charge is 0.495 e. The minimum atomic E-state index is -0.300. The Bertz CT molecular complexity index is 763. The Balaban J connectivity index is 2.09. The monoisotopic (exact) mass is 360 g/mol. The summed E-state index contributed by atoms with van der Waals surface area (Å²) in [6, 6.07) is 12.9. The number of hydrogen-bond donors (Lipinski definition) is 1. The maximum atomic E-state index is 12.4. The van der Waals surface area contributed by atoms with Crippen molar-refractivity contribution in [2.24, 2.45) is 0 Å². The van der Waals surface area contributed by atoms with Gasteiger partial charge >= 0.3 is 0 Å². The van der Waals surface area contributed by atoms with Gasteiger partial charge in [-0.05, 0) is 24.1 Å². The fourth-order valence-corrected chi connectivity index (χ4v) is 2.53. The summed E-state index contributed by atoms with van der Waals surface area (Å²) >= 11 is 6.07. The number of hydrogen-bond acceptors (Lipinski definition) is 3. The summed E-state index contributed by atoms with van der Waals surface area (Å²) in [5.41, 5.74) is 2.31. The van der Waals surface area contributed by atoms with Gasteiger partial charge in [-0.1, -0.05) is 41.9 Å². The fraction of sp³-hybridized carbons (Fsp3) is 0.263. The first-order valence-corrected chi connectivity index (χ1v) is 8.22. The van der Waals surface area contributed by atoms with E-state index < -0.39 is 0 Å². The van der Waals surface area contributed by atoms with Crippen LogP contribution in [0.2, 0.25) is 5.02 Å². The van der Waals surface area contributed by atoms with E-state index in [9.17, 15) is 9.59 Å². The summed E-state index contributed by atoms with van der Waals surface area (Å²) in [6.07, 6.45) is 0. The van der Waals surface area contributed by atoms with Crippen LogP contribution in [0.1, 0.15) is 18.1 Å². The molecule has 0 aliphatic carbocycles. The Morgan fingerprint density at radius 1 is 1.20 bits per heavy atom. The van der Waals surface area contributed by atoms with Gasteiger partial charge in [-0.2, -0.15) is 0 Å². The third-order valence-electron chi connectivity index (χ3n) is 3.75. The molecule has 0 fully saturated rings. The zero-order valence-electron chi connectivity index (χ0n) is 14.5. The molecule has 0 heterocycles. The number of benzene rings is 2. The lowest BCUT2D eigenvalue weighted by Gasteiger charge is -2.21. The molecule has 0 saturated heterocycles. The molecule has 5 nitrogen and oxygen atoms in total. The second kappa shape index (κ2) is 8.53. The third kappa shape index (κ3) is 5.22. The molecule has 0 radical (unpaired) electrons. The number of carbonyl (C=O) groups excluding carboxylic acids is 2. The van der Waals surface area contributed by atoms with Gasteiger partial charge in [0.2, 0.25) is 11.8 Å². The number of methoxy groups -OCH3 is 1. The Kier molecular flexibility index (Phi) is 6.42. The molecular weight excluding hydrogens is 340 g/mol. The second-order valence-corrected chi connectivity index (χ2v) is 6.12. The number of ether oxygens (including phenoxy) is 1. The normalized spacial score (nSPS) is 10.2. The van der Waals surface area contributed by atoms with Crippen LogP contribution in [0, 0.1) is 6.92 Å². The number of nitrogens with one attached hydrogen (secondary N) is 1. The van der Waals surface area contributed by atoms with Crippen molar-refractivity contribution in [1.82, 2.24) is 4.90 Å². The van der Waals surface area contributed by atoms with Crippen molar-refractivity contribution in [3.8, 4) is 5.75 Å². The topological polar surface area (TPSA) is 58.6 Å². The van der Waals surface area contributed by atoms with E-state index in [4.69, 9.17) is 16.3 Å². The summed E-state index contributed by atoms with van der Waals surface area (Å²) in [6.45, 7) is 3.62. The Labute approximate surface area is 152 Å². The van der Waals surface area contributed by atoms with Crippen LogP contribution in [0.15, 0.2) is 42.5 Å². The van der Waals surface area contributed by atoms with Crippen molar-refractivity contribution < 1.29 is 14.3 Å². The van der Waals surface area contributed by atoms with E-state index in [-0.39, 0.29) is 18.4 Å². The average molecular weight is 361 g/mol. The summed E-state index contributed by atoms with van der Waals surface area (Å²) in [5.74, 6) is 0.00536. The van der Waals surface area contributed by atoms with E-state index in [2.05, 4.69) is 5.32 Å². The molecule has 0 aliphatic rings. The first-order valence-electron chi connectivity index (χ1n) is 7.84. The highest BCUT2D eigenvalue weighted by Gasteiger charge is 2.16. The molecule has 0 aromatic heterocycles. The number of amides is 2. The van der Waals surface area contributed by atoms with Crippen LogP contribution >= 0.6 is 11.6 Å². The Morgan fingerprint density at radius 2 is 1.88 bits per heavy atom. The zero-order chi connectivity index (χ0) is 18.4. The predicted octanol–water partition coefficient (Wildman–Crippen LogP) is 3.64. The third-order valence-corrected chi connectivity index (χ3v) is 4.16. The SMILES string of the molecule is COc1cc(Cl)c(C)cc1NC(=O)CN(Cc1ccccc1)C(C)=O. The maximum Gasteiger partial charge on any atom is 0.244 e. The van der Waals surface area contributed by atoms with Gasteiger partial charge in [0, 0.05) is 24.6 Å². The van der Waals surface area contributed by atoms with Gasteiger partial charge in [-0.25, -0.2) is 0 Å². The maximum absolute atomic E-state index is 12.4. The zero-order valence-corrected chi connectivity index (χ0v) is 15.3. The summed E-state index contributed by atoms with van der Waals surface area (Å²) < 4.78 is 5.25. The first-order chi connectivity index (χ1) is 11.9. The van der Waals surface area contributed by atoms with Gasteiger partial charge in [0.15, 0.2) is 0 Å². The number of anilines is 1. The van der Waals surface area contributed by atoms with Gasteiger partial charge in [0.05, 0.1) is 12.8 Å². The number of halogens is 1. The average Bonchev–Trinajstić information content (AvgIpc) is 2.58. The molecule has 0 spiro atoms. The van der Waals surface area contributed by atoms with E-state index in [1.54, 1.807) is 12.1 Å². The van der Waals surface area contributed by atoms with E-state index in [1.807, 2.05) is 37.3 Å². The van der Waals surface area contributed by atoms with Crippen molar-refractivity contribution in [2.75, 3.05) is 19.0 Å². The summed E-state index contributed by atoms with van der Waals surface area (Å²) in [4.78, 5) is 25.7. The van der Waals surface area contributed by atoms with Crippen molar-refractivity contribution >= 4 is 29.1 Å². The Morgan fingerprint density at radius 3 is 2.48 bits per heavy atom. The second-order valence-electron chi connectivity index (χ2n) is 5.71. The molecule has 2 amide bonds. The minimum absolute atomic E-state index is 0.0466. The molecule has 0 bridgehead atoms. The molecule has 0 atom stereocenters. The van der Waals surface area contributed by atoms with Gasteiger partial charge < -0.3 is 15.0 Å². The number of carbonyl (C=O) groups is 2. The van der Waals surface area contributed by atoms with E-state index in [0.29, 0.717) is 23.0 Å². The van der Waals surface area contributed by atoms with Crippen LogP contribution in [0.5, 0.6) is 5.75 Å². The van der Waals surface area contributed by atoms with Gasteiger partial charge in [0.25, 0.3) is 0 Å². The molecule has 0 aliphatic heterocycles. The van der Waals surface area contributed by atoms with Crippen molar-refractivity contribution in [2.45, 2.75) is 20.4 Å². The van der Waals surface area contributed by atoms with Crippen molar-refractivity contribution in [3.05, 3.63) is 58.6 Å². The molecular formula is C19H21ClN2O3. The molecule has 6 heteroatoms. The lowest BCUT2D eigenvalue weighted by Crippen LogP contribution is -2.36. The molecule has 25 heavy (non-hydrogen) atoms. The smallest absolute Gasteiger partial charge is 0.244 e. The van der Waals surface area contributed by atoms with Crippen molar-refractivity contribution in [1.29, 1.82) is 0 Å². The number of rotatable bonds is 6. The van der Waals surface area contributed by atoms with Crippen LogP contribution in [0.4, 0.5) is 5.69 Å². The highest BCUT2D eigenvalue weighted by atomic mass is 35.5. The quantitative estimate of drug-likeness (QED) is 0.855. The first kappa shape index (κ1) is 18.8. The molecule has 0 saturated carbocycles. The molecule has 0 unspecified atom stereocenters. The van der Waals surface area contributed by atoms with E-state index in [1.165, 1.54) is 18.9 Å². The van der Waals surface area contributed by atoms with Crippen LogP contribution in [0.25, 0.3) is 0 Å². The highest BCUT2D eigenvalue weighted by Crippen LogP contribution is 2.30. The van der Waals surface area contributed by atoms with Gasteiger partial charge in [0.1, 0.15) is 12.3 Å². The molecule has 2 aromatic carbocycles. The number of aryl methyl sites for hydroxylation is 1. The predicted molar refractivity (Wildman–Crippen MR) is 98.9 cm³/mol. The number of nitrogens with zero attached hydrogens (tertiary/aromatic N) is 1. The van der Waals surface area contributed by atoms with Crippen LogP contribution in [-0.4, -0.2) is 30.4 Å². The van der Waals surface area contributed by atoms with E-state index >= 15 is 0 Å². The highest BCUT2D eigenvalue weighted by molar-refractivity contribution is 6.31. The van der Waals surface area contributed by atoms with Crippen LogP contribution < -0.4 is 10.1 Å². The Hall–Kier alpha value is -2.53. The fourth-order valence-electron chi connectivity index (χ4n) is 2.38. The van der Waals surface area contributed by atoms with Crippen LogP contribution in [0.3, 0.4) is 0 Å². The summed E-state index contributed by atoms with van der Waals surface area (Å²) in [5, 5.41) is 3.34. The minimum Gasteiger partial charge on any atom is -0.495 e. The molecule has 2 rings (SSSR count). The molecule has 1 N–H and O–H groups in total. The molecule has 2 aromatic rings. The lowest BCUT2D eigenvalue weighted by molar-refractivity contribution is -0.133.